The third-order valence-corrected chi connectivity index (χ3v) is 3.80. The minimum absolute atomic E-state index is 0.0521. The van der Waals surface area contributed by atoms with Crippen LogP contribution in [0.25, 0.3) is 0 Å². The fourth-order valence-corrected chi connectivity index (χ4v) is 3.01. The largest absolute Gasteiger partial charge is 0.481 e. The molecule has 4 heteroatoms. The van der Waals surface area contributed by atoms with E-state index in [-0.39, 0.29) is 17.9 Å². The fourth-order valence-electron chi connectivity index (χ4n) is 3.01. The lowest BCUT2D eigenvalue weighted by atomic mass is 9.83. The summed E-state index contributed by atoms with van der Waals surface area (Å²) in [7, 11) is 0. The van der Waals surface area contributed by atoms with E-state index < -0.39 is 5.97 Å². The van der Waals surface area contributed by atoms with E-state index in [1.165, 1.54) is 0 Å². The normalized spacial score (nSPS) is 35.4. The van der Waals surface area contributed by atoms with Gasteiger partial charge < -0.3 is 10.0 Å². The molecule has 0 aromatic carbocycles. The van der Waals surface area contributed by atoms with Gasteiger partial charge in [0, 0.05) is 19.0 Å². The molecule has 0 bridgehead atoms. The number of hydrogen-bond acceptors (Lipinski definition) is 2. The first-order chi connectivity index (χ1) is 7.59. The van der Waals surface area contributed by atoms with Crippen LogP contribution in [0.2, 0.25) is 0 Å². The van der Waals surface area contributed by atoms with Gasteiger partial charge in [0.15, 0.2) is 0 Å². The van der Waals surface area contributed by atoms with Crippen molar-refractivity contribution in [2.45, 2.75) is 45.1 Å². The molecule has 0 spiro atoms. The average molecular weight is 225 g/mol. The molecule has 1 saturated heterocycles. The van der Waals surface area contributed by atoms with Gasteiger partial charge in [0.2, 0.25) is 5.91 Å². The number of amides is 1. The first-order valence-corrected chi connectivity index (χ1v) is 6.12. The Hall–Kier alpha value is -1.06. The molecule has 1 aliphatic carbocycles. The molecule has 1 N–H and O–H groups in total. The van der Waals surface area contributed by atoms with Gasteiger partial charge in [-0.05, 0) is 18.8 Å². The second-order valence-corrected chi connectivity index (χ2v) is 5.15. The summed E-state index contributed by atoms with van der Waals surface area (Å²) in [6.07, 6.45) is 4.19. The molecule has 1 amide bonds. The molecule has 0 aromatic heterocycles. The Labute approximate surface area is 95.6 Å². The van der Waals surface area contributed by atoms with Crippen molar-refractivity contribution in [2.24, 2.45) is 11.8 Å². The molecule has 1 aliphatic heterocycles. The third-order valence-electron chi connectivity index (χ3n) is 3.80. The minimum Gasteiger partial charge on any atom is -0.481 e. The molecule has 90 valence electrons. The van der Waals surface area contributed by atoms with Crippen LogP contribution in [0.5, 0.6) is 0 Å². The van der Waals surface area contributed by atoms with Gasteiger partial charge in [0.05, 0.1) is 5.92 Å². The predicted octanol–water partition coefficient (Wildman–Crippen LogP) is 1.50. The van der Waals surface area contributed by atoms with E-state index in [1.54, 1.807) is 0 Å². The van der Waals surface area contributed by atoms with Gasteiger partial charge in [0.25, 0.3) is 0 Å². The zero-order chi connectivity index (χ0) is 11.7. The Morgan fingerprint density at radius 1 is 1.38 bits per heavy atom. The first kappa shape index (κ1) is 11.4. The van der Waals surface area contributed by atoms with E-state index in [0.717, 1.165) is 32.2 Å². The number of carboxylic acid groups (broad SMARTS) is 1. The van der Waals surface area contributed by atoms with Crippen molar-refractivity contribution >= 4 is 11.9 Å². The summed E-state index contributed by atoms with van der Waals surface area (Å²) < 4.78 is 0. The number of nitrogens with zero attached hydrogens (tertiary/aromatic N) is 1. The van der Waals surface area contributed by atoms with E-state index in [4.69, 9.17) is 0 Å². The first-order valence-electron chi connectivity index (χ1n) is 6.12. The highest BCUT2D eigenvalue weighted by Crippen LogP contribution is 2.32. The number of aliphatic carboxylic acids is 1. The smallest absolute Gasteiger partial charge is 0.308 e. The Kier molecular flexibility index (Phi) is 3.17. The number of carboxylic acids is 1. The van der Waals surface area contributed by atoms with Gasteiger partial charge >= 0.3 is 5.97 Å². The Bertz CT molecular complexity index is 303. The van der Waals surface area contributed by atoms with Crippen LogP contribution in [-0.4, -0.2) is 34.5 Å². The van der Waals surface area contributed by atoms with Crippen LogP contribution in [-0.2, 0) is 9.59 Å². The van der Waals surface area contributed by atoms with Gasteiger partial charge in [0.1, 0.15) is 0 Å². The number of rotatable bonds is 2. The Balaban J connectivity index is 2.11. The molecule has 2 aliphatic rings. The van der Waals surface area contributed by atoms with Crippen LogP contribution in [0, 0.1) is 11.8 Å². The lowest BCUT2D eigenvalue weighted by Crippen LogP contribution is -2.46. The zero-order valence-corrected chi connectivity index (χ0v) is 9.69. The van der Waals surface area contributed by atoms with Crippen molar-refractivity contribution in [2.75, 3.05) is 6.54 Å². The van der Waals surface area contributed by atoms with Crippen LogP contribution in [0.1, 0.15) is 39.0 Å². The van der Waals surface area contributed by atoms with Crippen LogP contribution < -0.4 is 0 Å². The average Bonchev–Trinajstić information content (AvgIpc) is 2.57. The second-order valence-electron chi connectivity index (χ2n) is 5.15. The standard InChI is InChI=1S/C12H19NO3/c1-8-6-11(14)13(7-8)10-5-3-2-4-9(10)12(15)16/h8-10H,2-7H2,1H3,(H,15,16)/t8?,9-,10-/m1/s1. The molecule has 4 nitrogen and oxygen atoms in total. The summed E-state index contributed by atoms with van der Waals surface area (Å²) in [6.45, 7) is 2.80. The molecule has 2 fully saturated rings. The fraction of sp³-hybridized carbons (Fsp3) is 0.833. The van der Waals surface area contributed by atoms with E-state index in [2.05, 4.69) is 6.92 Å². The summed E-state index contributed by atoms with van der Waals surface area (Å²) in [5.41, 5.74) is 0. The van der Waals surface area contributed by atoms with Crippen LogP contribution in [0.15, 0.2) is 0 Å². The van der Waals surface area contributed by atoms with E-state index in [1.807, 2.05) is 4.90 Å². The third kappa shape index (κ3) is 2.06. The summed E-state index contributed by atoms with van der Waals surface area (Å²) in [5.74, 6) is -0.561. The van der Waals surface area contributed by atoms with Gasteiger partial charge in [-0.15, -0.1) is 0 Å². The maximum Gasteiger partial charge on any atom is 0.308 e. The summed E-state index contributed by atoms with van der Waals surface area (Å²) >= 11 is 0. The number of likely N-dealkylation sites (tertiary alicyclic amines) is 1. The molecule has 0 radical (unpaired) electrons. The van der Waals surface area contributed by atoms with Crippen LogP contribution in [0.4, 0.5) is 0 Å². The second kappa shape index (κ2) is 4.44. The summed E-state index contributed by atoms with van der Waals surface area (Å²) in [4.78, 5) is 24.8. The molecule has 1 unspecified atom stereocenters. The molecule has 1 heterocycles. The Morgan fingerprint density at radius 2 is 2.06 bits per heavy atom. The van der Waals surface area contributed by atoms with Gasteiger partial charge in [-0.25, -0.2) is 0 Å². The van der Waals surface area contributed by atoms with Crippen molar-refractivity contribution in [1.82, 2.24) is 4.90 Å². The van der Waals surface area contributed by atoms with Crippen molar-refractivity contribution in [3.8, 4) is 0 Å². The quantitative estimate of drug-likeness (QED) is 0.774. The van der Waals surface area contributed by atoms with Gasteiger partial charge in [-0.3, -0.25) is 9.59 Å². The molecular formula is C12H19NO3. The highest BCUT2D eigenvalue weighted by atomic mass is 16.4. The van der Waals surface area contributed by atoms with Crippen LogP contribution in [0.3, 0.4) is 0 Å². The number of carbonyl (C=O) groups is 2. The monoisotopic (exact) mass is 225 g/mol. The molecular weight excluding hydrogens is 206 g/mol. The summed E-state index contributed by atoms with van der Waals surface area (Å²) in [6, 6.07) is -0.0521. The number of hydrogen-bond donors (Lipinski definition) is 1. The van der Waals surface area contributed by atoms with E-state index >= 15 is 0 Å². The number of carbonyl (C=O) groups excluding carboxylic acids is 1. The van der Waals surface area contributed by atoms with Crippen LogP contribution >= 0.6 is 0 Å². The van der Waals surface area contributed by atoms with Gasteiger partial charge in [-0.2, -0.15) is 0 Å². The molecule has 16 heavy (non-hydrogen) atoms. The highest BCUT2D eigenvalue weighted by molar-refractivity contribution is 5.80. The van der Waals surface area contributed by atoms with E-state index in [0.29, 0.717) is 12.3 Å². The van der Waals surface area contributed by atoms with Crippen molar-refractivity contribution in [3.63, 3.8) is 0 Å². The molecule has 2 rings (SSSR count). The highest BCUT2D eigenvalue weighted by Gasteiger charge is 2.40. The molecule has 0 aromatic rings. The minimum atomic E-state index is -0.739. The zero-order valence-electron chi connectivity index (χ0n) is 9.69. The molecule has 3 atom stereocenters. The lowest BCUT2D eigenvalue weighted by molar-refractivity contribution is -0.147. The molecule has 1 saturated carbocycles. The van der Waals surface area contributed by atoms with Gasteiger partial charge in [-0.1, -0.05) is 19.8 Å². The maximum atomic E-state index is 11.8. The Morgan fingerprint density at radius 3 is 2.62 bits per heavy atom. The van der Waals surface area contributed by atoms with E-state index in [9.17, 15) is 14.7 Å². The topological polar surface area (TPSA) is 57.6 Å². The van der Waals surface area contributed by atoms with Crippen molar-refractivity contribution < 1.29 is 14.7 Å². The lowest BCUT2D eigenvalue weighted by Gasteiger charge is -2.35. The SMILES string of the molecule is CC1CC(=O)N([C@@H]2CCCC[C@H]2C(=O)O)C1. The predicted molar refractivity (Wildman–Crippen MR) is 58.9 cm³/mol. The van der Waals surface area contributed by atoms with Crippen molar-refractivity contribution in [1.29, 1.82) is 0 Å². The van der Waals surface area contributed by atoms with Crippen molar-refractivity contribution in [3.05, 3.63) is 0 Å². The summed E-state index contributed by atoms with van der Waals surface area (Å²) in [5, 5.41) is 9.18. The maximum absolute atomic E-state index is 11.8.